The van der Waals surface area contributed by atoms with Gasteiger partial charge in [-0.1, -0.05) is 0 Å². The number of Topliss-reactive ketones (excluding diaryl/α,β-unsaturated/α-hetero) is 1. The van der Waals surface area contributed by atoms with E-state index in [9.17, 15) is 14.4 Å². The summed E-state index contributed by atoms with van der Waals surface area (Å²) in [6, 6.07) is 0. The second-order valence-corrected chi connectivity index (χ2v) is 4.81. The van der Waals surface area contributed by atoms with Gasteiger partial charge in [0.05, 0.1) is 17.6 Å². The Hall–Kier alpha value is -2.02. The molecule has 0 N–H and O–H groups in total. The molecule has 0 unspecified atom stereocenters. The number of hydrogen-bond donors (Lipinski definition) is 0. The second-order valence-electron chi connectivity index (χ2n) is 3.84. The maximum atomic E-state index is 11.9. The molecule has 18 heavy (non-hydrogen) atoms. The van der Waals surface area contributed by atoms with Crippen molar-refractivity contribution in [3.05, 3.63) is 49.2 Å². The SMILES string of the molecule is CC(=O)c1cn(Cc2cncs2)c(=O)n(C)c1=O. The van der Waals surface area contributed by atoms with Crippen LogP contribution in [-0.4, -0.2) is 19.9 Å². The van der Waals surface area contributed by atoms with Crippen molar-refractivity contribution >= 4 is 17.1 Å². The van der Waals surface area contributed by atoms with Crippen LogP contribution in [0.5, 0.6) is 0 Å². The number of carbonyl (C=O) groups excluding carboxylic acids is 1. The van der Waals surface area contributed by atoms with Crippen molar-refractivity contribution in [2.24, 2.45) is 7.05 Å². The van der Waals surface area contributed by atoms with E-state index in [-0.39, 0.29) is 11.3 Å². The van der Waals surface area contributed by atoms with Gasteiger partial charge in [0.15, 0.2) is 5.78 Å². The Balaban J connectivity index is 2.58. The summed E-state index contributed by atoms with van der Waals surface area (Å²) in [5, 5.41) is 0. The molecule has 0 aliphatic rings. The van der Waals surface area contributed by atoms with E-state index in [0.717, 1.165) is 9.44 Å². The number of hydrogen-bond acceptors (Lipinski definition) is 5. The molecular weight excluding hydrogens is 254 g/mol. The minimum Gasteiger partial charge on any atom is -0.294 e. The van der Waals surface area contributed by atoms with Gasteiger partial charge in [-0.25, -0.2) is 4.79 Å². The normalized spacial score (nSPS) is 10.6. The predicted molar refractivity (Wildman–Crippen MR) is 67.2 cm³/mol. The zero-order chi connectivity index (χ0) is 13.3. The smallest absolute Gasteiger partial charge is 0.294 e. The first-order valence-electron chi connectivity index (χ1n) is 5.19. The summed E-state index contributed by atoms with van der Waals surface area (Å²) in [4.78, 5) is 39.7. The van der Waals surface area contributed by atoms with E-state index in [4.69, 9.17) is 0 Å². The van der Waals surface area contributed by atoms with Crippen molar-refractivity contribution in [2.45, 2.75) is 13.5 Å². The lowest BCUT2D eigenvalue weighted by molar-refractivity contribution is 0.101. The monoisotopic (exact) mass is 265 g/mol. The highest BCUT2D eigenvalue weighted by Gasteiger charge is 2.12. The molecule has 7 heteroatoms. The molecule has 2 aromatic rings. The van der Waals surface area contributed by atoms with Crippen LogP contribution in [0.25, 0.3) is 0 Å². The van der Waals surface area contributed by atoms with Crippen LogP contribution in [0, 0.1) is 0 Å². The number of thiazole rings is 1. The minimum atomic E-state index is -0.562. The van der Waals surface area contributed by atoms with Crippen LogP contribution in [0.15, 0.2) is 27.5 Å². The van der Waals surface area contributed by atoms with E-state index in [1.807, 2.05) is 0 Å². The highest BCUT2D eigenvalue weighted by molar-refractivity contribution is 7.09. The lowest BCUT2D eigenvalue weighted by Crippen LogP contribution is -2.40. The molecule has 0 saturated heterocycles. The van der Waals surface area contributed by atoms with Gasteiger partial charge in [-0.3, -0.25) is 23.7 Å². The molecule has 6 nitrogen and oxygen atoms in total. The average molecular weight is 265 g/mol. The highest BCUT2D eigenvalue weighted by Crippen LogP contribution is 2.06. The van der Waals surface area contributed by atoms with E-state index in [1.165, 1.54) is 36.1 Å². The van der Waals surface area contributed by atoms with Gasteiger partial charge in [-0.15, -0.1) is 11.3 Å². The number of rotatable bonds is 3. The lowest BCUT2D eigenvalue weighted by Gasteiger charge is -2.07. The van der Waals surface area contributed by atoms with Crippen LogP contribution >= 0.6 is 11.3 Å². The number of nitrogens with zero attached hydrogens (tertiary/aromatic N) is 3. The predicted octanol–water partition coefficient (Wildman–Crippen LogP) is 0.254. The standard InChI is InChI=1S/C11H11N3O3S/c1-7(15)9-5-14(4-8-3-12-6-18-8)11(17)13(2)10(9)16/h3,5-6H,4H2,1-2H3. The molecule has 0 saturated carbocycles. The van der Waals surface area contributed by atoms with E-state index in [0.29, 0.717) is 6.54 Å². The zero-order valence-corrected chi connectivity index (χ0v) is 10.7. The Bertz CT molecular complexity index is 697. The van der Waals surface area contributed by atoms with E-state index >= 15 is 0 Å². The number of carbonyl (C=O) groups is 1. The summed E-state index contributed by atoms with van der Waals surface area (Å²) in [6.45, 7) is 1.61. The third-order valence-corrected chi connectivity index (χ3v) is 3.31. The van der Waals surface area contributed by atoms with Crippen molar-refractivity contribution in [1.29, 1.82) is 0 Å². The Morgan fingerprint density at radius 2 is 2.17 bits per heavy atom. The molecule has 0 aromatic carbocycles. The minimum absolute atomic E-state index is 0.0154. The van der Waals surface area contributed by atoms with Gasteiger partial charge in [0.25, 0.3) is 5.56 Å². The van der Waals surface area contributed by atoms with E-state index < -0.39 is 11.2 Å². The van der Waals surface area contributed by atoms with Crippen molar-refractivity contribution in [3.63, 3.8) is 0 Å². The Morgan fingerprint density at radius 3 is 2.72 bits per heavy atom. The van der Waals surface area contributed by atoms with Crippen LogP contribution in [-0.2, 0) is 13.6 Å². The average Bonchev–Trinajstić information content (AvgIpc) is 2.82. The first-order chi connectivity index (χ1) is 8.50. The topological polar surface area (TPSA) is 74.0 Å². The molecule has 0 aliphatic carbocycles. The summed E-state index contributed by atoms with van der Waals surface area (Å²) in [6.07, 6.45) is 2.96. The molecule has 2 rings (SSSR count). The van der Waals surface area contributed by atoms with Crippen molar-refractivity contribution < 1.29 is 4.79 Å². The van der Waals surface area contributed by atoms with Crippen molar-refractivity contribution in [2.75, 3.05) is 0 Å². The largest absolute Gasteiger partial charge is 0.331 e. The zero-order valence-electron chi connectivity index (χ0n) is 9.91. The first-order valence-corrected chi connectivity index (χ1v) is 6.07. The molecule has 0 bridgehead atoms. The molecule has 0 fully saturated rings. The van der Waals surface area contributed by atoms with Gasteiger partial charge in [0, 0.05) is 24.3 Å². The molecule has 2 heterocycles. The fourth-order valence-corrected chi connectivity index (χ4v) is 2.16. The third kappa shape index (κ3) is 2.17. The summed E-state index contributed by atoms with van der Waals surface area (Å²) in [5.41, 5.74) is 0.668. The number of ketones is 1. The van der Waals surface area contributed by atoms with Crippen LogP contribution in [0.4, 0.5) is 0 Å². The fourth-order valence-electron chi connectivity index (χ4n) is 1.57. The molecule has 0 atom stereocenters. The highest BCUT2D eigenvalue weighted by atomic mass is 32.1. The maximum absolute atomic E-state index is 11.9. The van der Waals surface area contributed by atoms with Gasteiger partial charge in [-0.2, -0.15) is 0 Å². The lowest BCUT2D eigenvalue weighted by atomic mass is 10.2. The summed E-state index contributed by atoms with van der Waals surface area (Å²) < 4.78 is 2.28. The third-order valence-electron chi connectivity index (χ3n) is 2.54. The molecule has 94 valence electrons. The van der Waals surface area contributed by atoms with E-state index in [2.05, 4.69) is 4.98 Å². The van der Waals surface area contributed by atoms with Gasteiger partial charge in [0.2, 0.25) is 0 Å². The molecule has 0 spiro atoms. The summed E-state index contributed by atoms with van der Waals surface area (Å²) in [5.74, 6) is -0.353. The first kappa shape index (κ1) is 12.4. The fraction of sp³-hybridized carbons (Fsp3) is 0.273. The summed E-state index contributed by atoms with van der Waals surface area (Å²) in [7, 11) is 1.36. The van der Waals surface area contributed by atoms with Crippen LogP contribution in [0.2, 0.25) is 0 Å². The van der Waals surface area contributed by atoms with Gasteiger partial charge >= 0.3 is 5.69 Å². The Labute approximate surface area is 106 Å². The van der Waals surface area contributed by atoms with Crippen molar-refractivity contribution in [3.8, 4) is 0 Å². The van der Waals surface area contributed by atoms with Crippen LogP contribution in [0.1, 0.15) is 22.2 Å². The Kier molecular flexibility index (Phi) is 3.24. The summed E-state index contributed by atoms with van der Waals surface area (Å²) >= 11 is 1.41. The van der Waals surface area contributed by atoms with Crippen LogP contribution in [0.3, 0.4) is 0 Å². The van der Waals surface area contributed by atoms with Crippen LogP contribution < -0.4 is 11.2 Å². The second kappa shape index (κ2) is 4.69. The molecule has 0 radical (unpaired) electrons. The number of aromatic nitrogens is 3. The molecule has 2 aromatic heterocycles. The Morgan fingerprint density at radius 1 is 1.44 bits per heavy atom. The van der Waals surface area contributed by atoms with Gasteiger partial charge in [0.1, 0.15) is 0 Å². The molecule has 0 amide bonds. The maximum Gasteiger partial charge on any atom is 0.331 e. The van der Waals surface area contributed by atoms with Crippen molar-refractivity contribution in [1.82, 2.24) is 14.1 Å². The van der Waals surface area contributed by atoms with Gasteiger partial charge in [-0.05, 0) is 6.92 Å². The van der Waals surface area contributed by atoms with E-state index in [1.54, 1.807) is 11.7 Å². The molecular formula is C11H11N3O3S. The quantitative estimate of drug-likeness (QED) is 0.746. The molecule has 0 aliphatic heterocycles. The van der Waals surface area contributed by atoms with Gasteiger partial charge < -0.3 is 0 Å².